The van der Waals surface area contributed by atoms with Crippen LogP contribution in [0.4, 0.5) is 19.0 Å². The summed E-state index contributed by atoms with van der Waals surface area (Å²) in [5.74, 6) is -4.90. The molecule has 5 N–H and O–H groups in total. The van der Waals surface area contributed by atoms with Gasteiger partial charge >= 0.3 is 18.3 Å². The van der Waals surface area contributed by atoms with Crippen LogP contribution in [0.5, 0.6) is 5.75 Å². The lowest BCUT2D eigenvalue weighted by Crippen LogP contribution is -2.24. The maximum Gasteiger partial charge on any atom is 0.573 e. The van der Waals surface area contributed by atoms with E-state index >= 15 is 0 Å². The van der Waals surface area contributed by atoms with Crippen LogP contribution >= 0.6 is 15.9 Å². The fourth-order valence-electron chi connectivity index (χ4n) is 2.22. The van der Waals surface area contributed by atoms with Crippen LogP contribution in [0.25, 0.3) is 11.1 Å². The van der Waals surface area contributed by atoms with Crippen molar-refractivity contribution in [2.75, 3.05) is 5.73 Å². The molecule has 0 aliphatic heterocycles. The summed E-state index contributed by atoms with van der Waals surface area (Å²) in [6.07, 6.45) is -5.06. The zero-order valence-electron chi connectivity index (χ0n) is 12.3. The van der Waals surface area contributed by atoms with Crippen LogP contribution < -0.4 is 16.0 Å². The van der Waals surface area contributed by atoms with Gasteiger partial charge in [0.05, 0.1) is 4.47 Å². The predicted octanol–water partition coefficient (Wildman–Crippen LogP) is 2.68. The van der Waals surface area contributed by atoms with Crippen molar-refractivity contribution in [1.82, 2.24) is 4.98 Å². The quantitative estimate of drug-likeness (QED) is 0.576. The zero-order chi connectivity index (χ0) is 19.8. The molecule has 138 valence electrons. The first kappa shape index (κ1) is 19.3. The Bertz CT molecular complexity index is 970. The molecule has 0 atom stereocenters. The van der Waals surface area contributed by atoms with Gasteiger partial charge in [0.1, 0.15) is 22.7 Å². The van der Waals surface area contributed by atoms with Crippen molar-refractivity contribution in [3.63, 3.8) is 0 Å². The molecule has 0 spiro atoms. The van der Waals surface area contributed by atoms with Crippen LogP contribution in [0.15, 0.2) is 27.5 Å². The molecule has 0 amide bonds. The Morgan fingerprint density at radius 1 is 1.15 bits per heavy atom. The molecule has 0 bridgehead atoms. The second kappa shape index (κ2) is 6.71. The third kappa shape index (κ3) is 3.64. The van der Waals surface area contributed by atoms with Gasteiger partial charge in [-0.05, 0) is 22.0 Å². The SMILES string of the molecule is Nc1[nH]c(=O)c(C(=O)O)c(-c2cccc(OC(F)(F)F)c2Br)c1C(=O)O. The Morgan fingerprint density at radius 2 is 1.73 bits per heavy atom. The summed E-state index contributed by atoms with van der Waals surface area (Å²) in [5, 5.41) is 18.6. The molecule has 0 radical (unpaired) electrons. The van der Waals surface area contributed by atoms with E-state index in [1.54, 1.807) is 0 Å². The highest BCUT2D eigenvalue weighted by atomic mass is 79.9. The van der Waals surface area contributed by atoms with Crippen molar-refractivity contribution in [3.8, 4) is 16.9 Å². The van der Waals surface area contributed by atoms with Crippen molar-refractivity contribution in [3.05, 3.63) is 44.2 Å². The van der Waals surface area contributed by atoms with Crippen molar-refractivity contribution in [2.45, 2.75) is 6.36 Å². The van der Waals surface area contributed by atoms with Gasteiger partial charge in [0.15, 0.2) is 0 Å². The molecular weight excluding hydrogens is 429 g/mol. The second-order valence-electron chi connectivity index (χ2n) is 4.77. The number of aromatic nitrogens is 1. The number of alkyl halides is 3. The van der Waals surface area contributed by atoms with Gasteiger partial charge in [-0.15, -0.1) is 13.2 Å². The Kier molecular flexibility index (Phi) is 4.98. The van der Waals surface area contributed by atoms with Crippen LogP contribution in [0.2, 0.25) is 0 Å². The average Bonchev–Trinajstić information content (AvgIpc) is 2.46. The van der Waals surface area contributed by atoms with Crippen molar-refractivity contribution >= 4 is 33.7 Å². The number of carboxylic acid groups (broad SMARTS) is 2. The first-order valence-electron chi connectivity index (χ1n) is 6.51. The lowest BCUT2D eigenvalue weighted by molar-refractivity contribution is -0.274. The summed E-state index contributed by atoms with van der Waals surface area (Å²) in [6, 6.07) is 3.09. The number of benzene rings is 1. The molecule has 1 heterocycles. The number of ether oxygens (including phenoxy) is 1. The van der Waals surface area contributed by atoms with Crippen LogP contribution in [-0.4, -0.2) is 33.5 Å². The molecule has 0 saturated carbocycles. The summed E-state index contributed by atoms with van der Waals surface area (Å²) in [5.41, 5.74) is 1.47. The van der Waals surface area contributed by atoms with Crippen LogP contribution in [0.1, 0.15) is 20.7 Å². The van der Waals surface area contributed by atoms with Gasteiger partial charge in [0.2, 0.25) is 0 Å². The smallest absolute Gasteiger partial charge is 0.478 e. The number of hydrogen-bond donors (Lipinski definition) is 4. The molecular formula is C14H8BrF3N2O6. The minimum absolute atomic E-state index is 0.334. The fourth-order valence-corrected chi connectivity index (χ4v) is 2.77. The van der Waals surface area contributed by atoms with Gasteiger partial charge in [0, 0.05) is 11.1 Å². The van der Waals surface area contributed by atoms with E-state index in [-0.39, 0.29) is 5.56 Å². The molecule has 0 unspecified atom stereocenters. The number of H-pyrrole nitrogens is 1. The van der Waals surface area contributed by atoms with E-state index in [0.29, 0.717) is 0 Å². The standard InChI is InChI=1S/C14H8BrF3N2O6/c15-9-4(2-1-3-5(9)26-14(16,17)18)6-7(12(22)23)10(19)20-11(21)8(6)13(24)25/h1-3H,(H,22,23)(H,24,25)(H3,19,20,21). The third-order valence-corrected chi connectivity index (χ3v) is 3.95. The number of anilines is 1. The number of carbonyl (C=O) groups is 2. The van der Waals surface area contributed by atoms with E-state index in [0.717, 1.165) is 18.2 Å². The highest BCUT2D eigenvalue weighted by Gasteiger charge is 2.33. The number of nitrogen functional groups attached to an aromatic ring is 1. The van der Waals surface area contributed by atoms with E-state index in [1.165, 1.54) is 0 Å². The van der Waals surface area contributed by atoms with Crippen molar-refractivity contribution in [2.24, 2.45) is 0 Å². The molecule has 26 heavy (non-hydrogen) atoms. The highest BCUT2D eigenvalue weighted by molar-refractivity contribution is 9.10. The third-order valence-electron chi connectivity index (χ3n) is 3.13. The maximum absolute atomic E-state index is 12.5. The lowest BCUT2D eigenvalue weighted by atomic mass is 9.95. The molecule has 8 nitrogen and oxygen atoms in total. The van der Waals surface area contributed by atoms with E-state index in [9.17, 15) is 37.8 Å². The molecule has 2 aromatic rings. The van der Waals surface area contributed by atoms with Gasteiger partial charge in [-0.3, -0.25) is 4.79 Å². The largest absolute Gasteiger partial charge is 0.573 e. The number of aromatic amines is 1. The highest BCUT2D eigenvalue weighted by Crippen LogP contribution is 2.40. The monoisotopic (exact) mass is 436 g/mol. The van der Waals surface area contributed by atoms with Crippen LogP contribution in [0.3, 0.4) is 0 Å². The Morgan fingerprint density at radius 3 is 2.23 bits per heavy atom. The number of pyridine rings is 1. The van der Waals surface area contributed by atoms with Crippen molar-refractivity contribution in [1.29, 1.82) is 0 Å². The first-order chi connectivity index (χ1) is 11.9. The van der Waals surface area contributed by atoms with E-state index in [2.05, 4.69) is 20.7 Å². The van der Waals surface area contributed by atoms with Crippen LogP contribution in [0, 0.1) is 0 Å². The summed E-state index contributed by atoms with van der Waals surface area (Å²) in [4.78, 5) is 36.8. The molecule has 12 heteroatoms. The number of hydrogen-bond acceptors (Lipinski definition) is 5. The Balaban J connectivity index is 2.92. The molecule has 2 rings (SSSR count). The summed E-state index contributed by atoms with van der Waals surface area (Å²) < 4.78 is 40.9. The van der Waals surface area contributed by atoms with Gasteiger partial charge < -0.3 is 25.7 Å². The Labute approximate surface area is 150 Å². The lowest BCUT2D eigenvalue weighted by Gasteiger charge is -2.16. The van der Waals surface area contributed by atoms with E-state index in [4.69, 9.17) is 5.73 Å². The second-order valence-corrected chi connectivity index (χ2v) is 5.56. The number of rotatable bonds is 4. The fraction of sp³-hybridized carbons (Fsp3) is 0.0714. The first-order valence-corrected chi connectivity index (χ1v) is 7.30. The minimum Gasteiger partial charge on any atom is -0.478 e. The number of nitrogens with one attached hydrogen (secondary N) is 1. The molecule has 1 aromatic heterocycles. The number of halogens is 4. The molecule has 0 saturated heterocycles. The summed E-state index contributed by atoms with van der Waals surface area (Å²) in [6.45, 7) is 0. The van der Waals surface area contributed by atoms with Crippen molar-refractivity contribution < 1.29 is 37.7 Å². The van der Waals surface area contributed by atoms with E-state index in [1.807, 2.05) is 4.98 Å². The summed E-state index contributed by atoms with van der Waals surface area (Å²) >= 11 is 2.82. The van der Waals surface area contributed by atoms with Gasteiger partial charge in [-0.25, -0.2) is 9.59 Å². The van der Waals surface area contributed by atoms with Gasteiger partial charge in [-0.2, -0.15) is 0 Å². The van der Waals surface area contributed by atoms with Crippen LogP contribution in [-0.2, 0) is 0 Å². The molecule has 0 fully saturated rings. The number of aromatic carboxylic acids is 2. The molecule has 0 aliphatic rings. The number of nitrogens with two attached hydrogens (primary N) is 1. The maximum atomic E-state index is 12.5. The summed E-state index contributed by atoms with van der Waals surface area (Å²) in [7, 11) is 0. The van der Waals surface area contributed by atoms with Gasteiger partial charge in [0.25, 0.3) is 5.56 Å². The topological polar surface area (TPSA) is 143 Å². The predicted molar refractivity (Wildman–Crippen MR) is 85.2 cm³/mol. The minimum atomic E-state index is -5.06. The van der Waals surface area contributed by atoms with E-state index < -0.39 is 56.6 Å². The zero-order valence-corrected chi connectivity index (χ0v) is 13.9. The average molecular weight is 437 g/mol. The Hall–Kier alpha value is -3.02. The van der Waals surface area contributed by atoms with Gasteiger partial charge in [-0.1, -0.05) is 12.1 Å². The number of carboxylic acids is 2. The normalized spacial score (nSPS) is 11.2. The molecule has 0 aliphatic carbocycles. The molecule has 1 aromatic carbocycles.